The van der Waals surface area contributed by atoms with E-state index in [-0.39, 0.29) is 37.0 Å². The van der Waals surface area contributed by atoms with Crippen LogP contribution in [0.4, 0.5) is 0 Å². The zero-order chi connectivity index (χ0) is 40.8. The van der Waals surface area contributed by atoms with Gasteiger partial charge in [0, 0.05) is 37.3 Å². The number of ether oxygens (including phenoxy) is 6. The van der Waals surface area contributed by atoms with Crippen LogP contribution in [0.3, 0.4) is 0 Å². The van der Waals surface area contributed by atoms with Crippen molar-refractivity contribution < 1.29 is 38.0 Å². The van der Waals surface area contributed by atoms with Crippen LogP contribution in [0.2, 0.25) is 0 Å². The molecule has 6 bridgehead atoms. The SMILES string of the molecule is COc1cc2c3cc1Oc1c(OC)c(OC)cc4c1[C@@H](Cc1ccc(OCCCN5C(=O)c6ccccc6C5=O)c(c1)Oc1ccc(cc1)CC3N(C)CC2)N(C)CC4. The molecule has 10 rings (SSSR count). The van der Waals surface area contributed by atoms with E-state index >= 15 is 0 Å². The van der Waals surface area contributed by atoms with E-state index in [0.717, 1.165) is 49.0 Å². The summed E-state index contributed by atoms with van der Waals surface area (Å²) < 4.78 is 38.1. The van der Waals surface area contributed by atoms with Crippen molar-refractivity contribution in [2.75, 3.05) is 61.7 Å². The molecule has 5 aromatic carbocycles. The molecule has 0 fully saturated rings. The maximum Gasteiger partial charge on any atom is 0.261 e. The van der Waals surface area contributed by atoms with Gasteiger partial charge < -0.3 is 28.4 Å². The van der Waals surface area contributed by atoms with E-state index in [1.165, 1.54) is 21.6 Å². The van der Waals surface area contributed by atoms with E-state index in [0.29, 0.717) is 70.0 Å². The molecule has 11 nitrogen and oxygen atoms in total. The van der Waals surface area contributed by atoms with Crippen molar-refractivity contribution in [1.29, 1.82) is 0 Å². The number of nitrogens with zero attached hydrogens (tertiary/aromatic N) is 3. The highest BCUT2D eigenvalue weighted by Gasteiger charge is 2.36. The first-order valence-corrected chi connectivity index (χ1v) is 20.3. The number of likely N-dealkylation sites (N-methyl/N-ethyl adjacent to an activating group) is 2. The minimum Gasteiger partial charge on any atom is -0.493 e. The summed E-state index contributed by atoms with van der Waals surface area (Å²) in [5.41, 5.74) is 7.74. The van der Waals surface area contributed by atoms with Crippen LogP contribution in [0.5, 0.6) is 46.0 Å². The highest BCUT2D eigenvalue weighted by molar-refractivity contribution is 6.21. The largest absolute Gasteiger partial charge is 0.493 e. The topological polar surface area (TPSA) is 99.2 Å². The van der Waals surface area contributed by atoms with Crippen LogP contribution in [0.1, 0.15) is 72.6 Å². The Morgan fingerprint density at radius 1 is 0.661 bits per heavy atom. The molecular weight excluding hydrogens is 747 g/mol. The van der Waals surface area contributed by atoms with Crippen molar-refractivity contribution in [2.45, 2.75) is 44.2 Å². The summed E-state index contributed by atoms with van der Waals surface area (Å²) in [6, 6.07) is 27.7. The molecule has 0 N–H and O–H groups in total. The van der Waals surface area contributed by atoms with Gasteiger partial charge in [0.05, 0.1) is 39.1 Å². The second-order valence-electron chi connectivity index (χ2n) is 15.8. The highest BCUT2D eigenvalue weighted by atomic mass is 16.5. The van der Waals surface area contributed by atoms with Crippen molar-refractivity contribution in [2.24, 2.45) is 0 Å². The fourth-order valence-corrected chi connectivity index (χ4v) is 9.07. The van der Waals surface area contributed by atoms with Gasteiger partial charge in [-0.05, 0) is 129 Å². The molecule has 0 spiro atoms. The molecule has 59 heavy (non-hydrogen) atoms. The molecule has 0 radical (unpaired) electrons. The van der Waals surface area contributed by atoms with E-state index in [1.807, 2.05) is 24.3 Å². The van der Waals surface area contributed by atoms with Crippen LogP contribution in [-0.2, 0) is 25.7 Å². The third-order valence-electron chi connectivity index (χ3n) is 12.3. The lowest BCUT2D eigenvalue weighted by molar-refractivity contribution is 0.0646. The van der Waals surface area contributed by atoms with Crippen molar-refractivity contribution >= 4 is 11.8 Å². The lowest BCUT2D eigenvalue weighted by atomic mass is 9.87. The Labute approximate surface area is 344 Å². The lowest BCUT2D eigenvalue weighted by Crippen LogP contribution is -2.34. The first-order valence-electron chi connectivity index (χ1n) is 20.3. The van der Waals surface area contributed by atoms with Gasteiger partial charge in [-0.1, -0.05) is 30.3 Å². The number of imide groups is 1. The van der Waals surface area contributed by atoms with E-state index < -0.39 is 0 Å². The van der Waals surface area contributed by atoms with Gasteiger partial charge in [0.15, 0.2) is 34.5 Å². The summed E-state index contributed by atoms with van der Waals surface area (Å²) in [5, 5.41) is 0. The molecule has 0 saturated carbocycles. The fourth-order valence-electron chi connectivity index (χ4n) is 9.07. The number of amides is 2. The molecule has 5 heterocycles. The minimum absolute atomic E-state index is 0.0893. The Bertz CT molecular complexity index is 2400. The first kappa shape index (κ1) is 38.5. The molecule has 11 heteroatoms. The van der Waals surface area contributed by atoms with Gasteiger partial charge in [0.25, 0.3) is 11.8 Å². The summed E-state index contributed by atoms with van der Waals surface area (Å²) in [4.78, 5) is 32.0. The Morgan fingerprint density at radius 3 is 2.02 bits per heavy atom. The van der Waals surface area contributed by atoms with E-state index in [4.69, 9.17) is 28.4 Å². The zero-order valence-electron chi connectivity index (χ0n) is 34.2. The van der Waals surface area contributed by atoms with Crippen LogP contribution in [0.15, 0.2) is 84.9 Å². The standard InChI is InChI=1S/C48H49N3O8/c1-49-20-17-31-26-40(54-3)42-28-36(31)37(49)23-29-11-14-33(15-12-29)58-41-25-30(24-38-44-32(18-21-50(38)2)27-43(55-4)45(56-5)46(44)59-42)13-16-39(41)57-22-8-19-51-47(52)34-9-6-7-10-35(34)48(51)53/h6-7,9-16,25-28,37-38H,8,17-24H2,1-5H3/t37?,38-/m1/s1. The fraction of sp³-hybridized carbons (Fsp3) is 0.333. The second kappa shape index (κ2) is 16.0. The zero-order valence-corrected chi connectivity index (χ0v) is 34.2. The Hall–Kier alpha value is -6.04. The van der Waals surface area contributed by atoms with Gasteiger partial charge in [0.2, 0.25) is 5.75 Å². The summed E-state index contributed by atoms with van der Waals surface area (Å²) in [5.74, 6) is 4.37. The molecule has 1 unspecified atom stereocenters. The highest BCUT2D eigenvalue weighted by Crippen LogP contribution is 2.52. The summed E-state index contributed by atoms with van der Waals surface area (Å²) >= 11 is 0. The van der Waals surface area contributed by atoms with Crippen LogP contribution in [0, 0.1) is 0 Å². The van der Waals surface area contributed by atoms with Gasteiger partial charge in [-0.2, -0.15) is 0 Å². The van der Waals surface area contributed by atoms with E-state index in [1.54, 1.807) is 45.6 Å². The van der Waals surface area contributed by atoms with Crippen LogP contribution in [0.25, 0.3) is 0 Å². The second-order valence-corrected chi connectivity index (χ2v) is 15.8. The van der Waals surface area contributed by atoms with Crippen molar-refractivity contribution in [1.82, 2.24) is 14.7 Å². The van der Waals surface area contributed by atoms with Gasteiger partial charge >= 0.3 is 0 Å². The molecule has 5 aliphatic heterocycles. The predicted molar refractivity (Wildman–Crippen MR) is 223 cm³/mol. The number of benzene rings is 5. The third-order valence-corrected chi connectivity index (χ3v) is 12.3. The molecular formula is C48H49N3O8. The molecule has 0 saturated heterocycles. The Balaban J connectivity index is 1.10. The predicted octanol–water partition coefficient (Wildman–Crippen LogP) is 8.22. The van der Waals surface area contributed by atoms with Gasteiger partial charge in [0.1, 0.15) is 5.75 Å². The number of rotatable bonds is 8. The number of fused-ring (bicyclic) bond motifs is 3. The lowest BCUT2D eigenvalue weighted by Gasteiger charge is -2.37. The van der Waals surface area contributed by atoms with Gasteiger partial charge in [-0.15, -0.1) is 0 Å². The molecule has 0 aliphatic carbocycles. The first-order chi connectivity index (χ1) is 28.7. The number of carbonyl (C=O) groups is 2. The quantitative estimate of drug-likeness (QED) is 0.113. The van der Waals surface area contributed by atoms with E-state index in [9.17, 15) is 9.59 Å². The third kappa shape index (κ3) is 7.12. The number of carbonyl (C=O) groups excluding carboxylic acids is 2. The smallest absolute Gasteiger partial charge is 0.261 e. The average Bonchev–Trinajstić information content (AvgIpc) is 3.49. The number of methoxy groups -OCH3 is 3. The number of hydrogen-bond donors (Lipinski definition) is 0. The summed E-state index contributed by atoms with van der Waals surface area (Å²) in [6.07, 6.45) is 3.60. The minimum atomic E-state index is -0.268. The Kier molecular flexibility index (Phi) is 10.4. The average molecular weight is 796 g/mol. The van der Waals surface area contributed by atoms with Gasteiger partial charge in [-0.25, -0.2) is 0 Å². The van der Waals surface area contributed by atoms with Gasteiger partial charge in [-0.3, -0.25) is 24.3 Å². The molecule has 5 aliphatic rings. The van der Waals surface area contributed by atoms with Crippen molar-refractivity contribution in [3.8, 4) is 46.0 Å². The van der Waals surface area contributed by atoms with Crippen LogP contribution >= 0.6 is 0 Å². The van der Waals surface area contributed by atoms with Crippen LogP contribution in [-0.4, -0.2) is 88.2 Å². The molecule has 5 aromatic rings. The molecule has 2 atom stereocenters. The monoisotopic (exact) mass is 795 g/mol. The molecule has 0 aromatic heterocycles. The summed E-state index contributed by atoms with van der Waals surface area (Å²) in [6.45, 7) is 2.29. The van der Waals surface area contributed by atoms with E-state index in [2.05, 4.69) is 60.3 Å². The van der Waals surface area contributed by atoms with Crippen molar-refractivity contribution in [3.63, 3.8) is 0 Å². The molecule has 2 amide bonds. The summed E-state index contributed by atoms with van der Waals surface area (Å²) in [7, 11) is 9.33. The molecule has 304 valence electrons. The van der Waals surface area contributed by atoms with Crippen LogP contribution < -0.4 is 28.4 Å². The number of hydrogen-bond acceptors (Lipinski definition) is 10. The normalized spacial score (nSPS) is 18.6. The Morgan fingerprint density at radius 2 is 1.31 bits per heavy atom. The van der Waals surface area contributed by atoms with Crippen molar-refractivity contribution in [3.05, 3.63) is 129 Å². The maximum atomic E-state index is 13.0. The maximum absolute atomic E-state index is 13.0.